The summed E-state index contributed by atoms with van der Waals surface area (Å²) in [6.07, 6.45) is 13.6. The number of aromatic amines is 2. The summed E-state index contributed by atoms with van der Waals surface area (Å²) in [5, 5.41) is 11.2. The number of aromatic nitrogens is 6. The first-order valence-corrected chi connectivity index (χ1v) is 12.2. The van der Waals surface area contributed by atoms with Crippen molar-refractivity contribution in [3.05, 3.63) is 41.2 Å². The Hall–Kier alpha value is -3.23. The minimum absolute atomic E-state index is 0.162. The molecule has 9 nitrogen and oxygen atoms in total. The average molecular weight is 447 g/mol. The highest BCUT2D eigenvalue weighted by atomic mass is 16.1. The van der Waals surface area contributed by atoms with Crippen LogP contribution in [-0.2, 0) is 24.1 Å². The van der Waals surface area contributed by atoms with Crippen LogP contribution >= 0.6 is 0 Å². The maximum Gasteiger partial charge on any atom is 0.228 e. The van der Waals surface area contributed by atoms with Gasteiger partial charge in [-0.1, -0.05) is 12.8 Å². The smallest absolute Gasteiger partial charge is 0.228 e. The van der Waals surface area contributed by atoms with Crippen LogP contribution < -0.4 is 10.2 Å². The van der Waals surface area contributed by atoms with E-state index in [0.29, 0.717) is 24.1 Å². The summed E-state index contributed by atoms with van der Waals surface area (Å²) in [6, 6.07) is 1.92. The van der Waals surface area contributed by atoms with E-state index in [9.17, 15) is 4.79 Å². The minimum Gasteiger partial charge on any atom is -0.348 e. The Morgan fingerprint density at radius 2 is 2.03 bits per heavy atom. The molecule has 1 saturated carbocycles. The van der Waals surface area contributed by atoms with Crippen molar-refractivity contribution in [3.8, 4) is 0 Å². The molecule has 1 aliphatic heterocycles. The minimum atomic E-state index is -0.207. The largest absolute Gasteiger partial charge is 0.348 e. The number of H-pyrrole nitrogens is 2. The molecular formula is C24H30N8O. The van der Waals surface area contributed by atoms with Crippen molar-refractivity contribution in [1.82, 2.24) is 30.1 Å². The van der Waals surface area contributed by atoms with Gasteiger partial charge in [-0.05, 0) is 44.9 Å². The fourth-order valence-corrected chi connectivity index (χ4v) is 5.64. The number of nitrogens with one attached hydrogen (secondary N) is 3. The molecule has 0 radical (unpaired) electrons. The number of Topliss-reactive ketones (excluding diaryl/α,β-unsaturated/α-hetero) is 1. The molecule has 0 amide bonds. The molecule has 33 heavy (non-hydrogen) atoms. The van der Waals surface area contributed by atoms with E-state index in [0.717, 1.165) is 56.0 Å². The summed E-state index contributed by atoms with van der Waals surface area (Å²) >= 11 is 0. The van der Waals surface area contributed by atoms with Gasteiger partial charge in [0.15, 0.2) is 11.6 Å². The second-order valence-electron chi connectivity index (χ2n) is 9.50. The highest BCUT2D eigenvalue weighted by Gasteiger charge is 2.34. The highest BCUT2D eigenvalue weighted by Crippen LogP contribution is 2.35. The number of imidazole rings is 1. The molecule has 172 valence electrons. The number of rotatable bonds is 7. The Labute approximate surface area is 192 Å². The zero-order valence-corrected chi connectivity index (χ0v) is 18.8. The quantitative estimate of drug-likeness (QED) is 0.508. The van der Waals surface area contributed by atoms with E-state index in [1.807, 2.05) is 0 Å². The van der Waals surface area contributed by atoms with Crippen LogP contribution in [0.4, 0.5) is 17.6 Å². The summed E-state index contributed by atoms with van der Waals surface area (Å²) < 4.78 is 0. The number of carbonyl (C=O) groups excluding carboxylic acids is 1. The number of anilines is 3. The number of hydrogen-bond donors (Lipinski definition) is 3. The predicted molar refractivity (Wildman–Crippen MR) is 125 cm³/mol. The Morgan fingerprint density at radius 1 is 1.12 bits per heavy atom. The molecule has 3 aromatic heterocycles. The Kier molecular flexibility index (Phi) is 5.32. The van der Waals surface area contributed by atoms with Crippen molar-refractivity contribution in [2.24, 2.45) is 0 Å². The maximum atomic E-state index is 13.0. The van der Waals surface area contributed by atoms with Crippen LogP contribution in [0.5, 0.6) is 0 Å². The van der Waals surface area contributed by atoms with E-state index in [4.69, 9.17) is 9.97 Å². The van der Waals surface area contributed by atoms with E-state index in [-0.39, 0.29) is 11.8 Å². The maximum absolute atomic E-state index is 13.0. The third kappa shape index (κ3) is 4.00. The van der Waals surface area contributed by atoms with Crippen molar-refractivity contribution < 1.29 is 4.79 Å². The first-order valence-electron chi connectivity index (χ1n) is 12.2. The van der Waals surface area contributed by atoms with Crippen LogP contribution in [0.1, 0.15) is 73.6 Å². The second-order valence-corrected chi connectivity index (χ2v) is 9.50. The van der Waals surface area contributed by atoms with Gasteiger partial charge in [0, 0.05) is 42.2 Å². The molecule has 9 heteroatoms. The van der Waals surface area contributed by atoms with Gasteiger partial charge < -0.3 is 15.2 Å². The molecule has 3 N–H and O–H groups in total. The van der Waals surface area contributed by atoms with Crippen LogP contribution in [0.2, 0.25) is 0 Å². The van der Waals surface area contributed by atoms with Crippen LogP contribution in [0.3, 0.4) is 0 Å². The van der Waals surface area contributed by atoms with Gasteiger partial charge in [-0.15, -0.1) is 0 Å². The number of nitrogens with zero attached hydrogens (tertiary/aromatic N) is 5. The van der Waals surface area contributed by atoms with E-state index >= 15 is 0 Å². The molecule has 1 saturated heterocycles. The average Bonchev–Trinajstić information content (AvgIpc) is 3.64. The summed E-state index contributed by atoms with van der Waals surface area (Å²) in [6.45, 7) is 0.793. The van der Waals surface area contributed by atoms with E-state index in [2.05, 4.69) is 36.4 Å². The highest BCUT2D eigenvalue weighted by molar-refractivity contribution is 5.88. The van der Waals surface area contributed by atoms with E-state index < -0.39 is 0 Å². The predicted octanol–water partition coefficient (Wildman–Crippen LogP) is 3.59. The van der Waals surface area contributed by atoms with Crippen LogP contribution in [-0.4, -0.2) is 48.5 Å². The van der Waals surface area contributed by atoms with E-state index in [1.54, 1.807) is 12.4 Å². The molecule has 1 unspecified atom stereocenters. The fraction of sp³-hybridized carbons (Fsp3) is 0.542. The normalized spacial score (nSPS) is 20.5. The number of aryl methyl sites for hydroxylation is 1. The van der Waals surface area contributed by atoms with Gasteiger partial charge in [-0.2, -0.15) is 10.1 Å². The molecular weight excluding hydrogens is 416 g/mol. The first kappa shape index (κ1) is 20.4. The number of ketones is 1. The number of fused-ring (bicyclic) bond motifs is 1. The SMILES string of the molecule is O=C(Cc1ncc[nH]1)C1CCCN1c1nc2c(c(Nc3cc(C4CCCC4)[nH]n3)n1)CCC2. The summed E-state index contributed by atoms with van der Waals surface area (Å²) in [5.74, 6) is 3.75. The van der Waals surface area contributed by atoms with Crippen molar-refractivity contribution in [2.75, 3.05) is 16.8 Å². The van der Waals surface area contributed by atoms with E-state index in [1.165, 1.54) is 36.9 Å². The zero-order valence-electron chi connectivity index (χ0n) is 18.8. The lowest BCUT2D eigenvalue weighted by Crippen LogP contribution is -2.38. The third-order valence-corrected chi connectivity index (χ3v) is 7.34. The molecule has 2 fully saturated rings. The lowest BCUT2D eigenvalue weighted by molar-refractivity contribution is -0.119. The Balaban J connectivity index is 1.25. The molecule has 2 aliphatic carbocycles. The molecule has 0 bridgehead atoms. The van der Waals surface area contributed by atoms with Gasteiger partial charge in [0.1, 0.15) is 11.6 Å². The van der Waals surface area contributed by atoms with Gasteiger partial charge in [0.05, 0.1) is 18.2 Å². The first-order chi connectivity index (χ1) is 16.2. The Morgan fingerprint density at radius 3 is 2.88 bits per heavy atom. The van der Waals surface area contributed by atoms with Crippen LogP contribution in [0.25, 0.3) is 0 Å². The van der Waals surface area contributed by atoms with Gasteiger partial charge in [0.25, 0.3) is 0 Å². The summed E-state index contributed by atoms with van der Waals surface area (Å²) in [4.78, 5) is 32.2. The molecule has 0 spiro atoms. The molecule has 6 rings (SSSR count). The lowest BCUT2D eigenvalue weighted by Gasteiger charge is -2.24. The lowest BCUT2D eigenvalue weighted by atomic mass is 10.0. The molecule has 4 heterocycles. The summed E-state index contributed by atoms with van der Waals surface area (Å²) in [7, 11) is 0. The van der Waals surface area contributed by atoms with Gasteiger partial charge >= 0.3 is 0 Å². The summed E-state index contributed by atoms with van der Waals surface area (Å²) in [5.41, 5.74) is 3.49. The van der Waals surface area contributed by atoms with Gasteiger partial charge in [-0.3, -0.25) is 9.89 Å². The number of hydrogen-bond acceptors (Lipinski definition) is 7. The van der Waals surface area contributed by atoms with Crippen molar-refractivity contribution in [3.63, 3.8) is 0 Å². The molecule has 3 aliphatic rings. The van der Waals surface area contributed by atoms with Gasteiger partial charge in [0.2, 0.25) is 5.95 Å². The standard InChI is InChI=1S/C24H30N8O/c33-20(14-21-25-10-11-26-21)19-9-4-12-32(19)24-27-17-8-3-7-16(17)23(29-24)28-22-13-18(30-31-22)15-5-1-2-6-15/h10-11,13,15,19H,1-9,12,14H2,(H,25,26)(H2,27,28,29,30,31). The third-order valence-electron chi connectivity index (χ3n) is 7.34. The number of carbonyl (C=O) groups is 1. The second kappa shape index (κ2) is 8.61. The molecule has 1 atom stereocenters. The Bertz CT molecular complexity index is 1130. The monoisotopic (exact) mass is 446 g/mol. The topological polar surface area (TPSA) is 115 Å². The fourth-order valence-electron chi connectivity index (χ4n) is 5.64. The zero-order chi connectivity index (χ0) is 22.2. The van der Waals surface area contributed by atoms with Crippen LogP contribution in [0, 0.1) is 0 Å². The molecule has 0 aromatic carbocycles. The van der Waals surface area contributed by atoms with Crippen LogP contribution in [0.15, 0.2) is 18.5 Å². The van der Waals surface area contributed by atoms with Gasteiger partial charge in [-0.25, -0.2) is 9.97 Å². The van der Waals surface area contributed by atoms with Crippen molar-refractivity contribution in [2.45, 2.75) is 76.2 Å². The molecule has 3 aromatic rings. The van der Waals surface area contributed by atoms with Crippen molar-refractivity contribution in [1.29, 1.82) is 0 Å². The van der Waals surface area contributed by atoms with Crippen molar-refractivity contribution >= 4 is 23.4 Å².